The van der Waals surface area contributed by atoms with Crippen LogP contribution < -0.4 is 5.43 Å². The SMILES string of the molecule is COC(=O)C1C2CC(C3=CNN=C(c4ccccc4)C32)C1C(=O)OCC(F)(F)S(=O)(=O)O. The molecule has 9 nitrogen and oxygen atoms in total. The molecule has 3 aliphatic rings. The normalized spacial score (nSPS) is 28.8. The molecule has 2 N–H and O–H groups in total. The van der Waals surface area contributed by atoms with Gasteiger partial charge in [0.1, 0.15) is 0 Å². The molecule has 1 aromatic rings. The average Bonchev–Trinajstić information content (AvgIpc) is 3.34. The fraction of sp³-hybridized carbons (Fsp3) is 0.450. The molecule has 0 aromatic heterocycles. The Bertz CT molecular complexity index is 1100. The lowest BCUT2D eigenvalue weighted by molar-refractivity contribution is -0.164. The van der Waals surface area contributed by atoms with E-state index in [4.69, 9.17) is 9.29 Å². The van der Waals surface area contributed by atoms with Crippen molar-refractivity contribution in [1.29, 1.82) is 0 Å². The number of alkyl halides is 2. The van der Waals surface area contributed by atoms with Gasteiger partial charge < -0.3 is 9.47 Å². The van der Waals surface area contributed by atoms with E-state index in [0.717, 1.165) is 18.2 Å². The predicted octanol–water partition coefficient (Wildman–Crippen LogP) is 1.57. The average molecular weight is 470 g/mol. The molecule has 2 aliphatic carbocycles. The second kappa shape index (κ2) is 7.93. The molecule has 172 valence electrons. The third-order valence-corrected chi connectivity index (χ3v) is 7.18. The first kappa shape index (κ1) is 22.3. The number of hydrogen-bond donors (Lipinski definition) is 2. The molecule has 0 radical (unpaired) electrons. The largest absolute Gasteiger partial charge is 0.469 e. The van der Waals surface area contributed by atoms with Crippen molar-refractivity contribution >= 4 is 27.8 Å². The van der Waals surface area contributed by atoms with E-state index in [1.807, 2.05) is 30.3 Å². The zero-order valence-corrected chi connectivity index (χ0v) is 17.6. The van der Waals surface area contributed by atoms with Gasteiger partial charge >= 0.3 is 27.3 Å². The molecule has 5 unspecified atom stereocenters. The van der Waals surface area contributed by atoms with Gasteiger partial charge in [0.2, 0.25) is 0 Å². The maximum atomic E-state index is 13.6. The minimum Gasteiger partial charge on any atom is -0.469 e. The van der Waals surface area contributed by atoms with Crippen LogP contribution in [0.4, 0.5) is 8.78 Å². The van der Waals surface area contributed by atoms with Crippen LogP contribution in [0.25, 0.3) is 0 Å². The van der Waals surface area contributed by atoms with Crippen LogP contribution in [-0.4, -0.2) is 49.6 Å². The molecule has 1 aliphatic heterocycles. The van der Waals surface area contributed by atoms with Crippen LogP contribution in [0.15, 0.2) is 47.2 Å². The Labute approximate surface area is 182 Å². The second-order valence-corrected chi connectivity index (χ2v) is 9.46. The van der Waals surface area contributed by atoms with Crippen molar-refractivity contribution in [1.82, 2.24) is 5.43 Å². The number of halogens is 2. The van der Waals surface area contributed by atoms with Crippen LogP contribution in [0.1, 0.15) is 12.0 Å². The topological polar surface area (TPSA) is 131 Å². The van der Waals surface area contributed by atoms with Crippen LogP contribution in [0.3, 0.4) is 0 Å². The van der Waals surface area contributed by atoms with Crippen LogP contribution >= 0.6 is 0 Å². The van der Waals surface area contributed by atoms with Crippen LogP contribution in [0.5, 0.6) is 0 Å². The molecule has 0 saturated heterocycles. The number of benzene rings is 1. The van der Waals surface area contributed by atoms with Crippen molar-refractivity contribution in [2.45, 2.75) is 11.7 Å². The Morgan fingerprint density at radius 2 is 1.91 bits per heavy atom. The molecule has 0 spiro atoms. The van der Waals surface area contributed by atoms with Crippen LogP contribution in [-0.2, 0) is 29.2 Å². The number of allylic oxidation sites excluding steroid dienone is 1. The Hall–Kier alpha value is -2.86. The number of hydrogen-bond acceptors (Lipinski definition) is 8. The van der Waals surface area contributed by atoms with Gasteiger partial charge in [0.25, 0.3) is 0 Å². The summed E-state index contributed by atoms with van der Waals surface area (Å²) in [6, 6.07) is 9.27. The van der Waals surface area contributed by atoms with Gasteiger partial charge in [0.15, 0.2) is 6.61 Å². The maximum Gasteiger partial charge on any atom is 0.402 e. The third-order valence-electron chi connectivity index (χ3n) is 6.31. The highest BCUT2D eigenvalue weighted by atomic mass is 32.2. The molecule has 32 heavy (non-hydrogen) atoms. The van der Waals surface area contributed by atoms with E-state index < -0.39 is 51.7 Å². The lowest BCUT2D eigenvalue weighted by Crippen LogP contribution is -2.45. The lowest BCUT2D eigenvalue weighted by atomic mass is 9.68. The minimum absolute atomic E-state index is 0.281. The Morgan fingerprint density at radius 3 is 2.53 bits per heavy atom. The Balaban J connectivity index is 1.62. The highest BCUT2D eigenvalue weighted by Crippen LogP contribution is 2.60. The first-order valence-corrected chi connectivity index (χ1v) is 11.2. The second-order valence-electron chi connectivity index (χ2n) is 7.92. The molecule has 1 heterocycles. The highest BCUT2D eigenvalue weighted by Gasteiger charge is 2.63. The molecule has 12 heteroatoms. The van der Waals surface area contributed by atoms with Crippen LogP contribution in [0, 0.1) is 29.6 Å². The number of fused-ring (bicyclic) bond motifs is 5. The number of hydrazone groups is 1. The van der Waals surface area contributed by atoms with Crippen molar-refractivity contribution in [2.24, 2.45) is 34.7 Å². The molecule has 2 bridgehead atoms. The van der Waals surface area contributed by atoms with Crippen molar-refractivity contribution in [2.75, 3.05) is 13.7 Å². The van der Waals surface area contributed by atoms with E-state index in [9.17, 15) is 26.8 Å². The number of esters is 2. The number of methoxy groups -OCH3 is 1. The Kier molecular flexibility index (Phi) is 5.53. The number of nitrogens with one attached hydrogen (secondary N) is 1. The van der Waals surface area contributed by atoms with Crippen molar-refractivity contribution in [3.8, 4) is 0 Å². The lowest BCUT2D eigenvalue weighted by Gasteiger charge is -2.37. The van der Waals surface area contributed by atoms with Gasteiger partial charge in [0.05, 0.1) is 24.7 Å². The van der Waals surface area contributed by atoms with Gasteiger partial charge in [-0.05, 0) is 29.4 Å². The zero-order valence-electron chi connectivity index (χ0n) is 16.8. The summed E-state index contributed by atoms with van der Waals surface area (Å²) in [5.41, 5.74) is 5.11. The zero-order chi connectivity index (χ0) is 23.3. The number of rotatable bonds is 6. The fourth-order valence-electron chi connectivity index (χ4n) is 5.02. The fourth-order valence-corrected chi connectivity index (χ4v) is 5.23. The Morgan fingerprint density at radius 1 is 1.22 bits per heavy atom. The van der Waals surface area contributed by atoms with E-state index in [1.54, 1.807) is 6.20 Å². The molecule has 2 fully saturated rings. The van der Waals surface area contributed by atoms with E-state index in [-0.39, 0.29) is 11.8 Å². The summed E-state index contributed by atoms with van der Waals surface area (Å²) in [5, 5.41) is -0.290. The number of nitrogens with zero attached hydrogens (tertiary/aromatic N) is 1. The van der Waals surface area contributed by atoms with Gasteiger partial charge in [-0.1, -0.05) is 30.3 Å². The van der Waals surface area contributed by atoms with E-state index >= 15 is 0 Å². The molecular formula is C20H20F2N2O7S. The van der Waals surface area contributed by atoms with E-state index in [2.05, 4.69) is 15.3 Å². The molecular weight excluding hydrogens is 450 g/mol. The van der Waals surface area contributed by atoms with Crippen molar-refractivity contribution < 1.29 is 40.8 Å². The summed E-state index contributed by atoms with van der Waals surface area (Å²) in [6.45, 7) is -1.86. The van der Waals surface area contributed by atoms with Gasteiger partial charge in [-0.3, -0.25) is 19.6 Å². The molecule has 4 rings (SSSR count). The van der Waals surface area contributed by atoms with Gasteiger partial charge in [0, 0.05) is 12.1 Å². The number of ether oxygens (including phenoxy) is 2. The quantitative estimate of drug-likeness (QED) is 0.473. The van der Waals surface area contributed by atoms with Crippen molar-refractivity contribution in [3.63, 3.8) is 0 Å². The summed E-state index contributed by atoms with van der Waals surface area (Å²) in [7, 11) is -4.60. The number of carbonyl (C=O) groups is 2. The number of carbonyl (C=O) groups excluding carboxylic acids is 2. The summed E-state index contributed by atoms with van der Waals surface area (Å²) in [4.78, 5) is 25.4. The van der Waals surface area contributed by atoms with E-state index in [0.29, 0.717) is 12.1 Å². The monoisotopic (exact) mass is 470 g/mol. The third kappa shape index (κ3) is 3.56. The summed E-state index contributed by atoms with van der Waals surface area (Å²) >= 11 is 0. The van der Waals surface area contributed by atoms with Gasteiger partial charge in [-0.2, -0.15) is 22.3 Å². The molecule has 5 atom stereocenters. The first-order chi connectivity index (χ1) is 15.1. The minimum atomic E-state index is -5.76. The first-order valence-electron chi connectivity index (χ1n) is 9.74. The van der Waals surface area contributed by atoms with Gasteiger partial charge in [-0.25, -0.2) is 0 Å². The predicted molar refractivity (Wildman–Crippen MR) is 106 cm³/mol. The summed E-state index contributed by atoms with van der Waals surface area (Å²) in [5.74, 6) is -5.14. The molecule has 0 amide bonds. The molecule has 2 saturated carbocycles. The summed E-state index contributed by atoms with van der Waals surface area (Å²) in [6.07, 6.45) is 2.03. The van der Waals surface area contributed by atoms with E-state index in [1.165, 1.54) is 0 Å². The maximum absolute atomic E-state index is 13.6. The van der Waals surface area contributed by atoms with Crippen molar-refractivity contribution in [3.05, 3.63) is 47.7 Å². The summed E-state index contributed by atoms with van der Waals surface area (Å²) < 4.78 is 66.8. The van der Waals surface area contributed by atoms with Crippen LogP contribution in [0.2, 0.25) is 0 Å². The smallest absolute Gasteiger partial charge is 0.402 e. The van der Waals surface area contributed by atoms with Gasteiger partial charge in [-0.15, -0.1) is 0 Å². The molecule has 1 aromatic carbocycles. The highest BCUT2D eigenvalue weighted by molar-refractivity contribution is 7.86. The standard InChI is InChI=1S/C20H20F2N2O7S/c1-30-18(25)16-12-7-11(15(16)19(26)31-9-20(21,22)32(27,28)29)13-8-23-24-17(14(12)13)10-5-3-2-4-6-10/h2-6,8,11-12,14-16,23H,7,9H2,1H3,(H,27,28,29).